The molecule has 1 aromatic carbocycles. The summed E-state index contributed by atoms with van der Waals surface area (Å²) in [6, 6.07) is 6.08. The number of aryl methyl sites for hydroxylation is 3. The summed E-state index contributed by atoms with van der Waals surface area (Å²) in [4.78, 5) is 25.5. The highest BCUT2D eigenvalue weighted by Crippen LogP contribution is 2.26. The van der Waals surface area contributed by atoms with Gasteiger partial charge >= 0.3 is 6.03 Å². The van der Waals surface area contributed by atoms with Crippen LogP contribution in [0, 0.1) is 26.7 Å². The molecule has 1 atom stereocenters. The van der Waals surface area contributed by atoms with Crippen LogP contribution in [0.3, 0.4) is 0 Å². The molecule has 1 aliphatic heterocycles. The van der Waals surface area contributed by atoms with Crippen molar-refractivity contribution < 1.29 is 4.79 Å². The maximum atomic E-state index is 13.1. The van der Waals surface area contributed by atoms with Crippen LogP contribution in [0.1, 0.15) is 30.5 Å². The number of halogens is 1. The molecule has 2 amide bonds. The van der Waals surface area contributed by atoms with E-state index in [4.69, 9.17) is 11.6 Å². The van der Waals surface area contributed by atoms with Crippen molar-refractivity contribution in [1.29, 1.82) is 0 Å². The molecule has 1 unspecified atom stereocenters. The van der Waals surface area contributed by atoms with E-state index in [0.717, 1.165) is 22.6 Å². The number of anilines is 2. The SMILES string of the molecule is Cc1cc(C)c(NC(=O)N2CCN(c3ccnc(Cl)n3)CC2C(C)C)c(C)c1. The molecule has 0 saturated carbocycles. The molecule has 2 heterocycles. The first-order valence-corrected chi connectivity index (χ1v) is 10.0. The highest BCUT2D eigenvalue weighted by molar-refractivity contribution is 6.28. The van der Waals surface area contributed by atoms with Crippen LogP contribution >= 0.6 is 11.6 Å². The van der Waals surface area contributed by atoms with Crippen LogP contribution in [0.15, 0.2) is 24.4 Å². The summed E-state index contributed by atoms with van der Waals surface area (Å²) in [5.41, 5.74) is 4.27. The van der Waals surface area contributed by atoms with Gasteiger partial charge in [-0.15, -0.1) is 0 Å². The fourth-order valence-electron chi connectivity index (χ4n) is 3.90. The average Bonchev–Trinajstić information content (AvgIpc) is 2.64. The molecule has 2 aromatic rings. The molecule has 3 rings (SSSR count). The van der Waals surface area contributed by atoms with E-state index >= 15 is 0 Å². The molecule has 1 N–H and O–H groups in total. The quantitative estimate of drug-likeness (QED) is 0.772. The Morgan fingerprint density at radius 3 is 2.50 bits per heavy atom. The number of piperazine rings is 1. The van der Waals surface area contributed by atoms with Crippen LogP contribution in [-0.4, -0.2) is 46.6 Å². The molecule has 1 aromatic heterocycles. The van der Waals surface area contributed by atoms with Gasteiger partial charge in [-0.25, -0.2) is 14.8 Å². The monoisotopic (exact) mass is 401 g/mol. The van der Waals surface area contributed by atoms with Crippen LogP contribution < -0.4 is 10.2 Å². The van der Waals surface area contributed by atoms with Gasteiger partial charge in [0, 0.05) is 31.5 Å². The smallest absolute Gasteiger partial charge is 0.322 e. The van der Waals surface area contributed by atoms with Crippen molar-refractivity contribution in [3.63, 3.8) is 0 Å². The van der Waals surface area contributed by atoms with Crippen molar-refractivity contribution in [3.05, 3.63) is 46.4 Å². The molecule has 1 aliphatic rings. The van der Waals surface area contributed by atoms with E-state index in [1.165, 1.54) is 5.56 Å². The molecular formula is C21H28ClN5O. The number of amides is 2. The van der Waals surface area contributed by atoms with E-state index in [1.807, 2.05) is 24.8 Å². The highest BCUT2D eigenvalue weighted by atomic mass is 35.5. The number of benzene rings is 1. The van der Waals surface area contributed by atoms with Gasteiger partial charge in [-0.3, -0.25) is 0 Å². The minimum atomic E-state index is -0.0471. The molecule has 0 radical (unpaired) electrons. The average molecular weight is 402 g/mol. The molecule has 150 valence electrons. The molecule has 28 heavy (non-hydrogen) atoms. The molecule has 0 aliphatic carbocycles. The standard InChI is InChI=1S/C21H28ClN5O/c1-13(2)17-12-26(18-6-7-23-20(22)24-18)8-9-27(17)21(28)25-19-15(4)10-14(3)11-16(19)5/h6-7,10-11,13,17H,8-9,12H2,1-5H3,(H,25,28). The summed E-state index contributed by atoms with van der Waals surface area (Å²) >= 11 is 5.95. The van der Waals surface area contributed by atoms with E-state index in [9.17, 15) is 4.79 Å². The third-order valence-corrected chi connectivity index (χ3v) is 5.48. The maximum Gasteiger partial charge on any atom is 0.322 e. The number of carbonyl (C=O) groups is 1. The van der Waals surface area contributed by atoms with Gasteiger partial charge in [-0.1, -0.05) is 31.5 Å². The van der Waals surface area contributed by atoms with Gasteiger partial charge in [0.2, 0.25) is 5.28 Å². The lowest BCUT2D eigenvalue weighted by atomic mass is 9.99. The van der Waals surface area contributed by atoms with Crippen molar-refractivity contribution >= 4 is 29.1 Å². The van der Waals surface area contributed by atoms with Gasteiger partial charge in [0.25, 0.3) is 0 Å². The highest BCUT2D eigenvalue weighted by Gasteiger charge is 2.33. The second kappa shape index (κ2) is 8.35. The van der Waals surface area contributed by atoms with E-state index in [2.05, 4.69) is 53.1 Å². The van der Waals surface area contributed by atoms with Crippen LogP contribution in [0.4, 0.5) is 16.3 Å². The van der Waals surface area contributed by atoms with Gasteiger partial charge < -0.3 is 15.1 Å². The van der Waals surface area contributed by atoms with E-state index < -0.39 is 0 Å². The Labute approximate surface area is 171 Å². The van der Waals surface area contributed by atoms with Crippen molar-refractivity contribution in [2.45, 2.75) is 40.7 Å². The summed E-state index contributed by atoms with van der Waals surface area (Å²) in [5, 5.41) is 3.39. The number of nitrogens with one attached hydrogen (secondary N) is 1. The van der Waals surface area contributed by atoms with Crippen molar-refractivity contribution in [2.24, 2.45) is 5.92 Å². The first-order valence-electron chi connectivity index (χ1n) is 9.65. The predicted molar refractivity (Wildman–Crippen MR) is 114 cm³/mol. The molecule has 0 spiro atoms. The minimum Gasteiger partial charge on any atom is -0.353 e. The van der Waals surface area contributed by atoms with Crippen LogP contribution in [0.25, 0.3) is 0 Å². The summed E-state index contributed by atoms with van der Waals surface area (Å²) in [6.07, 6.45) is 1.66. The van der Waals surface area contributed by atoms with E-state index in [0.29, 0.717) is 25.6 Å². The maximum absolute atomic E-state index is 13.1. The number of hydrogen-bond acceptors (Lipinski definition) is 4. The Balaban J connectivity index is 1.77. The normalized spacial score (nSPS) is 17.2. The fraction of sp³-hybridized carbons (Fsp3) is 0.476. The zero-order valence-electron chi connectivity index (χ0n) is 17.2. The number of hydrogen-bond donors (Lipinski definition) is 1. The van der Waals surface area contributed by atoms with Gasteiger partial charge in [0.15, 0.2) is 0 Å². The van der Waals surface area contributed by atoms with Gasteiger partial charge in [0.1, 0.15) is 5.82 Å². The number of carbonyl (C=O) groups excluding carboxylic acids is 1. The summed E-state index contributed by atoms with van der Waals surface area (Å²) in [6.45, 7) is 12.5. The lowest BCUT2D eigenvalue weighted by Gasteiger charge is -2.43. The zero-order chi connectivity index (χ0) is 20.4. The van der Waals surface area contributed by atoms with Gasteiger partial charge in [-0.05, 0) is 55.5 Å². The van der Waals surface area contributed by atoms with E-state index in [1.54, 1.807) is 6.20 Å². The van der Waals surface area contributed by atoms with Gasteiger partial charge in [-0.2, -0.15) is 0 Å². The third-order valence-electron chi connectivity index (χ3n) is 5.29. The lowest BCUT2D eigenvalue weighted by Crippen LogP contribution is -2.58. The molecule has 7 heteroatoms. The van der Waals surface area contributed by atoms with Crippen molar-refractivity contribution in [2.75, 3.05) is 29.9 Å². The summed E-state index contributed by atoms with van der Waals surface area (Å²) in [5.74, 6) is 1.11. The molecular weight excluding hydrogens is 374 g/mol. The Hall–Kier alpha value is -2.34. The zero-order valence-corrected chi connectivity index (χ0v) is 17.9. The largest absolute Gasteiger partial charge is 0.353 e. The number of nitrogens with zero attached hydrogens (tertiary/aromatic N) is 4. The van der Waals surface area contributed by atoms with Crippen molar-refractivity contribution in [3.8, 4) is 0 Å². The number of rotatable bonds is 3. The Morgan fingerprint density at radius 2 is 1.89 bits per heavy atom. The molecule has 1 saturated heterocycles. The topological polar surface area (TPSA) is 61.4 Å². The predicted octanol–water partition coefficient (Wildman–Crippen LogP) is 4.43. The Bertz CT molecular complexity index is 847. The first-order chi connectivity index (χ1) is 13.3. The van der Waals surface area contributed by atoms with E-state index in [-0.39, 0.29) is 17.4 Å². The van der Waals surface area contributed by atoms with Crippen molar-refractivity contribution in [1.82, 2.24) is 14.9 Å². The van der Waals surface area contributed by atoms with Crippen LogP contribution in [0.2, 0.25) is 5.28 Å². The summed E-state index contributed by atoms with van der Waals surface area (Å²) in [7, 11) is 0. The Morgan fingerprint density at radius 1 is 1.21 bits per heavy atom. The van der Waals surface area contributed by atoms with Crippen LogP contribution in [0.5, 0.6) is 0 Å². The van der Waals surface area contributed by atoms with Crippen LogP contribution in [-0.2, 0) is 0 Å². The minimum absolute atomic E-state index is 0.0471. The summed E-state index contributed by atoms with van der Waals surface area (Å²) < 4.78 is 0. The second-order valence-electron chi connectivity index (χ2n) is 7.84. The molecule has 0 bridgehead atoms. The lowest BCUT2D eigenvalue weighted by molar-refractivity contribution is 0.156. The number of aromatic nitrogens is 2. The Kier molecular flexibility index (Phi) is 6.08. The second-order valence-corrected chi connectivity index (χ2v) is 8.18. The first kappa shape index (κ1) is 20.4. The number of urea groups is 1. The third kappa shape index (κ3) is 4.38. The molecule has 6 nitrogen and oxygen atoms in total. The molecule has 1 fully saturated rings. The van der Waals surface area contributed by atoms with Gasteiger partial charge in [0.05, 0.1) is 6.04 Å². The fourth-order valence-corrected chi connectivity index (χ4v) is 4.04.